The van der Waals surface area contributed by atoms with Gasteiger partial charge in [0.25, 0.3) is 10.0 Å². The van der Waals surface area contributed by atoms with Crippen molar-refractivity contribution in [3.05, 3.63) is 84.9 Å². The number of pyridine rings is 1. The van der Waals surface area contributed by atoms with Crippen molar-refractivity contribution >= 4 is 26.6 Å². The lowest BCUT2D eigenvalue weighted by Gasteiger charge is -2.32. The number of hydrogen-bond acceptors (Lipinski definition) is 8. The van der Waals surface area contributed by atoms with Crippen LogP contribution in [0, 0.1) is 0 Å². The molecule has 1 atom stereocenters. The summed E-state index contributed by atoms with van der Waals surface area (Å²) >= 11 is 0. The Labute approximate surface area is 203 Å². The Hall–Kier alpha value is -3.60. The van der Waals surface area contributed by atoms with Crippen LogP contribution in [0.15, 0.2) is 84.3 Å². The molecule has 3 heterocycles. The minimum absolute atomic E-state index is 0.0822. The van der Waals surface area contributed by atoms with Crippen LogP contribution in [0.3, 0.4) is 0 Å². The van der Waals surface area contributed by atoms with E-state index in [1.165, 1.54) is 30.2 Å². The molecule has 0 amide bonds. The lowest BCUT2D eigenvalue weighted by Crippen LogP contribution is -2.44. The smallest absolute Gasteiger partial charge is 0.263 e. The highest BCUT2D eigenvalue weighted by Crippen LogP contribution is 2.27. The molecular weight excluding hydrogens is 466 g/mol. The molecule has 0 unspecified atom stereocenters. The normalized spacial score (nSPS) is 16.7. The molecule has 5 rings (SSSR count). The van der Waals surface area contributed by atoms with E-state index in [9.17, 15) is 8.42 Å². The highest BCUT2D eigenvalue weighted by atomic mass is 32.2. The Morgan fingerprint density at radius 2 is 1.94 bits per heavy atom. The molecule has 2 aromatic heterocycles. The van der Waals surface area contributed by atoms with E-state index in [1.807, 2.05) is 18.2 Å². The van der Waals surface area contributed by atoms with Crippen LogP contribution in [-0.4, -0.2) is 60.7 Å². The fraction of sp³-hybridized carbons (Fsp3) is 0.240. The topological polar surface area (TPSA) is 107 Å². The fourth-order valence-electron chi connectivity index (χ4n) is 4.00. The Bertz CT molecular complexity index is 1390. The van der Waals surface area contributed by atoms with Gasteiger partial charge in [0, 0.05) is 37.4 Å². The van der Waals surface area contributed by atoms with Crippen molar-refractivity contribution in [1.29, 1.82) is 0 Å². The first kappa shape index (κ1) is 23.2. The first-order valence-corrected chi connectivity index (χ1v) is 12.7. The van der Waals surface area contributed by atoms with Crippen molar-refractivity contribution in [2.75, 3.05) is 31.0 Å². The van der Waals surface area contributed by atoms with Crippen molar-refractivity contribution in [3.63, 3.8) is 0 Å². The number of hydrogen-bond donors (Lipinski definition) is 1. The van der Waals surface area contributed by atoms with E-state index in [-0.39, 0.29) is 16.8 Å². The van der Waals surface area contributed by atoms with E-state index < -0.39 is 10.0 Å². The molecule has 0 radical (unpaired) electrons. The number of sulfonamides is 1. The average molecular weight is 492 g/mol. The zero-order valence-electron chi connectivity index (χ0n) is 18.9. The summed E-state index contributed by atoms with van der Waals surface area (Å²) in [4.78, 5) is 14.5. The van der Waals surface area contributed by atoms with Gasteiger partial charge in [-0.05, 0) is 41.3 Å². The molecule has 2 aromatic carbocycles. The molecule has 1 saturated heterocycles. The maximum Gasteiger partial charge on any atom is 0.263 e. The number of morpholine rings is 1. The summed E-state index contributed by atoms with van der Waals surface area (Å²) in [6, 6.07) is 18.4. The van der Waals surface area contributed by atoms with Crippen LogP contribution < -0.4 is 9.46 Å². The molecule has 1 N–H and O–H groups in total. The molecule has 0 spiro atoms. The lowest BCUT2D eigenvalue weighted by molar-refractivity contribution is -0.0507. The number of fused-ring (bicyclic) bond motifs is 1. The molecule has 10 heteroatoms. The first-order valence-electron chi connectivity index (χ1n) is 11.3. The molecule has 0 aliphatic carbocycles. The molecule has 4 aromatic rings. The van der Waals surface area contributed by atoms with Crippen molar-refractivity contribution in [2.45, 2.75) is 17.5 Å². The van der Waals surface area contributed by atoms with Crippen molar-refractivity contribution in [2.24, 2.45) is 0 Å². The van der Waals surface area contributed by atoms with Gasteiger partial charge < -0.3 is 9.47 Å². The molecule has 0 bridgehead atoms. The van der Waals surface area contributed by atoms with Gasteiger partial charge in [-0.3, -0.25) is 9.62 Å². The van der Waals surface area contributed by atoms with Crippen molar-refractivity contribution < 1.29 is 17.9 Å². The standard InChI is InChI=1S/C25H25N5O4S/c31-35(32,29-24-9-10-26-18-28-24)22-6-7-23-20(14-22)8-11-27-25(23)34-17-21-16-30(12-13-33-21)15-19-4-2-1-3-5-19/h1-11,14,18,21H,12-13,15-17H2,(H,26,28,29)/t21-/m1/s1. The predicted molar refractivity (Wildman–Crippen MR) is 132 cm³/mol. The second kappa shape index (κ2) is 10.3. The monoisotopic (exact) mass is 491 g/mol. The zero-order valence-corrected chi connectivity index (χ0v) is 19.8. The van der Waals surface area contributed by atoms with Crippen LogP contribution in [0.4, 0.5) is 5.82 Å². The second-order valence-electron chi connectivity index (χ2n) is 8.22. The maximum atomic E-state index is 12.8. The zero-order chi connectivity index (χ0) is 24.1. The molecule has 0 saturated carbocycles. The molecule has 35 heavy (non-hydrogen) atoms. The van der Waals surface area contributed by atoms with Crippen molar-refractivity contribution in [1.82, 2.24) is 19.9 Å². The van der Waals surface area contributed by atoms with Crippen LogP contribution in [0.2, 0.25) is 0 Å². The number of ether oxygens (including phenoxy) is 2. The summed E-state index contributed by atoms with van der Waals surface area (Å²) in [6.07, 6.45) is 4.28. The van der Waals surface area contributed by atoms with E-state index >= 15 is 0 Å². The van der Waals surface area contributed by atoms with Gasteiger partial charge in [-0.1, -0.05) is 30.3 Å². The van der Waals surface area contributed by atoms with Crippen LogP contribution in [0.5, 0.6) is 5.88 Å². The molecule has 1 fully saturated rings. The van der Waals surface area contributed by atoms with Gasteiger partial charge in [0.15, 0.2) is 0 Å². The summed E-state index contributed by atoms with van der Waals surface area (Å²) < 4.78 is 40.0. The summed E-state index contributed by atoms with van der Waals surface area (Å²) in [5.74, 6) is 0.645. The fourth-order valence-corrected chi connectivity index (χ4v) is 5.04. The second-order valence-corrected chi connectivity index (χ2v) is 9.91. The van der Waals surface area contributed by atoms with Gasteiger partial charge in [0.05, 0.1) is 11.5 Å². The van der Waals surface area contributed by atoms with Gasteiger partial charge in [-0.25, -0.2) is 23.4 Å². The summed E-state index contributed by atoms with van der Waals surface area (Å²) in [7, 11) is -3.81. The van der Waals surface area contributed by atoms with Gasteiger partial charge in [0.1, 0.15) is 24.9 Å². The number of aromatic nitrogens is 3. The minimum Gasteiger partial charge on any atom is -0.474 e. The van der Waals surface area contributed by atoms with E-state index in [0.29, 0.717) is 24.5 Å². The summed E-state index contributed by atoms with van der Waals surface area (Å²) in [5.41, 5.74) is 1.27. The molecular formula is C25H25N5O4S. The molecule has 9 nitrogen and oxygen atoms in total. The summed E-state index contributed by atoms with van der Waals surface area (Å²) in [5, 5.41) is 1.43. The van der Waals surface area contributed by atoms with Gasteiger partial charge in [-0.2, -0.15) is 0 Å². The van der Waals surface area contributed by atoms with Gasteiger partial charge in [-0.15, -0.1) is 0 Å². The first-order chi connectivity index (χ1) is 17.1. The lowest BCUT2D eigenvalue weighted by atomic mass is 10.2. The predicted octanol–water partition coefficient (Wildman–Crippen LogP) is 3.11. The third kappa shape index (κ3) is 5.73. The van der Waals surface area contributed by atoms with Crippen molar-refractivity contribution in [3.8, 4) is 5.88 Å². The van der Waals surface area contributed by atoms with Crippen LogP contribution >= 0.6 is 0 Å². The van der Waals surface area contributed by atoms with Crippen LogP contribution in [0.25, 0.3) is 10.8 Å². The van der Waals surface area contributed by atoms with E-state index in [1.54, 1.807) is 24.4 Å². The maximum absolute atomic E-state index is 12.8. The Balaban J connectivity index is 1.26. The van der Waals surface area contributed by atoms with E-state index in [4.69, 9.17) is 9.47 Å². The van der Waals surface area contributed by atoms with E-state index in [0.717, 1.165) is 25.0 Å². The highest BCUT2D eigenvalue weighted by Gasteiger charge is 2.22. The Morgan fingerprint density at radius 1 is 1.06 bits per heavy atom. The number of anilines is 1. The Kier molecular flexibility index (Phi) is 6.84. The number of nitrogens with zero attached hydrogens (tertiary/aromatic N) is 4. The molecule has 1 aliphatic heterocycles. The average Bonchev–Trinajstić information content (AvgIpc) is 2.88. The largest absolute Gasteiger partial charge is 0.474 e. The third-order valence-corrected chi connectivity index (χ3v) is 7.06. The van der Waals surface area contributed by atoms with Crippen LogP contribution in [0.1, 0.15) is 5.56 Å². The van der Waals surface area contributed by atoms with Gasteiger partial charge >= 0.3 is 0 Å². The minimum atomic E-state index is -3.81. The number of benzene rings is 2. The van der Waals surface area contributed by atoms with Crippen LogP contribution in [-0.2, 0) is 21.3 Å². The SMILES string of the molecule is O=S(=O)(Nc1ccncn1)c1ccc2c(OC[C@H]3CN(Cc4ccccc4)CCO3)nccc2c1. The molecule has 1 aliphatic rings. The third-order valence-electron chi connectivity index (χ3n) is 5.71. The number of rotatable bonds is 8. The van der Waals surface area contributed by atoms with E-state index in [2.05, 4.69) is 36.7 Å². The summed E-state index contributed by atoms with van der Waals surface area (Å²) in [6.45, 7) is 3.50. The highest BCUT2D eigenvalue weighted by molar-refractivity contribution is 7.92. The molecule has 180 valence electrons. The van der Waals surface area contributed by atoms with Gasteiger partial charge in [0.2, 0.25) is 5.88 Å². The quantitative estimate of drug-likeness (QED) is 0.401. The Morgan fingerprint density at radius 3 is 2.77 bits per heavy atom. The number of nitrogens with one attached hydrogen (secondary N) is 1.